The molecule has 0 amide bonds. The van der Waals surface area contributed by atoms with Gasteiger partial charge < -0.3 is 5.32 Å². The molecule has 1 heterocycles. The van der Waals surface area contributed by atoms with Gasteiger partial charge in [0.15, 0.2) is 5.78 Å². The van der Waals surface area contributed by atoms with E-state index in [-0.39, 0.29) is 22.2 Å². The Kier molecular flexibility index (Phi) is 8.50. The number of hydrogen-bond acceptors (Lipinski definition) is 5. The van der Waals surface area contributed by atoms with Gasteiger partial charge in [-0.1, -0.05) is 18.0 Å². The van der Waals surface area contributed by atoms with Gasteiger partial charge in [0.2, 0.25) is 10.0 Å². The van der Waals surface area contributed by atoms with E-state index in [9.17, 15) is 17.6 Å². The van der Waals surface area contributed by atoms with Gasteiger partial charge in [0.1, 0.15) is 5.82 Å². The number of benzene rings is 1. The molecule has 2 N–H and O–H groups in total. The number of halogens is 2. The lowest BCUT2D eigenvalue weighted by Crippen LogP contribution is -2.23. The first kappa shape index (κ1) is 22.4. The number of nitrogens with one attached hydrogen (secondary N) is 2. The summed E-state index contributed by atoms with van der Waals surface area (Å²) in [5.41, 5.74) is 0.966. The Balaban J connectivity index is 1.89. The quantitative estimate of drug-likeness (QED) is 0.424. The summed E-state index contributed by atoms with van der Waals surface area (Å²) in [7, 11) is -1.96. The average Bonchev–Trinajstić information content (AvgIpc) is 2.68. The number of rotatable bonds is 11. The minimum absolute atomic E-state index is 0.0186. The van der Waals surface area contributed by atoms with E-state index in [0.717, 1.165) is 44.0 Å². The van der Waals surface area contributed by atoms with Gasteiger partial charge in [-0.3, -0.25) is 9.78 Å². The lowest BCUT2D eigenvalue weighted by atomic mass is 10.1. The number of Topliss-reactive ketones (excluding diaryl/α,β-unsaturated/α-hetero) is 1. The smallest absolute Gasteiger partial charge is 0.240 e. The van der Waals surface area contributed by atoms with Crippen molar-refractivity contribution >= 4 is 27.4 Å². The molecule has 0 aliphatic carbocycles. The molecule has 0 bridgehead atoms. The monoisotopic (exact) mass is 427 g/mol. The molecule has 0 saturated carbocycles. The summed E-state index contributed by atoms with van der Waals surface area (Å²) in [4.78, 5) is 16.1. The fourth-order valence-corrected chi connectivity index (χ4v) is 3.77. The summed E-state index contributed by atoms with van der Waals surface area (Å²) in [6.07, 6.45) is 4.74. The minimum Gasteiger partial charge on any atom is -0.320 e. The van der Waals surface area contributed by atoms with Crippen LogP contribution in [0.2, 0.25) is 5.02 Å². The Morgan fingerprint density at radius 3 is 2.61 bits per heavy atom. The van der Waals surface area contributed by atoms with Crippen LogP contribution in [0, 0.1) is 5.82 Å². The van der Waals surface area contributed by atoms with Crippen molar-refractivity contribution in [1.29, 1.82) is 0 Å². The number of pyridine rings is 1. The maximum absolute atomic E-state index is 13.2. The van der Waals surface area contributed by atoms with E-state index in [4.69, 9.17) is 11.6 Å². The van der Waals surface area contributed by atoms with Crippen LogP contribution in [0.4, 0.5) is 4.39 Å². The molecule has 2 aromatic rings. The van der Waals surface area contributed by atoms with E-state index in [1.165, 1.54) is 6.20 Å². The molecule has 28 heavy (non-hydrogen) atoms. The zero-order chi connectivity index (χ0) is 20.6. The summed E-state index contributed by atoms with van der Waals surface area (Å²) < 4.78 is 40.1. The second-order valence-electron chi connectivity index (χ2n) is 6.28. The molecule has 152 valence electrons. The number of carbonyl (C=O) groups excluding carboxylic acids is 1. The van der Waals surface area contributed by atoms with Crippen LogP contribution < -0.4 is 10.0 Å². The van der Waals surface area contributed by atoms with Crippen LogP contribution >= 0.6 is 11.6 Å². The molecule has 0 aliphatic rings. The fraction of sp³-hybridized carbons (Fsp3) is 0.368. The summed E-state index contributed by atoms with van der Waals surface area (Å²) in [6, 6.07) is 6.42. The second-order valence-corrected chi connectivity index (χ2v) is 8.45. The van der Waals surface area contributed by atoms with Crippen LogP contribution in [0.3, 0.4) is 0 Å². The molecule has 0 atom stereocenters. The van der Waals surface area contributed by atoms with E-state index in [2.05, 4.69) is 15.0 Å². The number of hydrogen-bond donors (Lipinski definition) is 2. The number of nitrogens with zero attached hydrogens (tertiary/aromatic N) is 1. The predicted molar refractivity (Wildman–Crippen MR) is 106 cm³/mol. The van der Waals surface area contributed by atoms with Gasteiger partial charge in [0.25, 0.3) is 0 Å². The highest BCUT2D eigenvalue weighted by Gasteiger charge is 2.16. The van der Waals surface area contributed by atoms with Crippen LogP contribution in [0.25, 0.3) is 0 Å². The van der Waals surface area contributed by atoms with Crippen molar-refractivity contribution in [2.24, 2.45) is 0 Å². The van der Waals surface area contributed by atoms with Crippen molar-refractivity contribution in [2.45, 2.75) is 37.1 Å². The summed E-state index contributed by atoms with van der Waals surface area (Å²) in [5.74, 6) is -0.672. The molecular weight excluding hydrogens is 405 g/mol. The number of sulfonamides is 1. The van der Waals surface area contributed by atoms with Gasteiger partial charge >= 0.3 is 0 Å². The SMILES string of the molecule is CNCCCCCC(=O)c1ccc(CNS(=O)(=O)c2ccc(F)c(Cl)c2)nc1. The third kappa shape index (κ3) is 6.63. The Labute approximate surface area is 169 Å². The summed E-state index contributed by atoms with van der Waals surface area (Å²) >= 11 is 5.63. The molecule has 0 aliphatic heterocycles. The van der Waals surface area contributed by atoms with Crippen LogP contribution in [0.1, 0.15) is 41.7 Å². The van der Waals surface area contributed by atoms with Crippen molar-refractivity contribution in [3.05, 3.63) is 58.6 Å². The van der Waals surface area contributed by atoms with E-state index in [0.29, 0.717) is 17.7 Å². The first-order valence-corrected chi connectivity index (χ1v) is 10.8. The lowest BCUT2D eigenvalue weighted by Gasteiger charge is -2.08. The van der Waals surface area contributed by atoms with Crippen molar-refractivity contribution < 1.29 is 17.6 Å². The number of carbonyl (C=O) groups is 1. The standard InChI is InChI=1S/C19H23ClFN3O3S/c1-22-10-4-2-3-5-19(25)14-6-7-15(23-12-14)13-24-28(26,27)16-8-9-18(21)17(20)11-16/h6-9,11-12,22,24H,2-5,10,13H2,1H3. The zero-order valence-corrected chi connectivity index (χ0v) is 17.1. The molecule has 9 heteroatoms. The molecule has 6 nitrogen and oxygen atoms in total. The van der Waals surface area contributed by atoms with Gasteiger partial charge in [-0.15, -0.1) is 0 Å². The van der Waals surface area contributed by atoms with Gasteiger partial charge in [-0.05, 0) is 56.8 Å². The third-order valence-corrected chi connectivity index (χ3v) is 5.81. The van der Waals surface area contributed by atoms with Gasteiger partial charge in [-0.2, -0.15) is 0 Å². The highest BCUT2D eigenvalue weighted by Crippen LogP contribution is 2.19. The van der Waals surface area contributed by atoms with Crippen LogP contribution in [-0.4, -0.2) is 32.8 Å². The molecule has 0 radical (unpaired) electrons. The summed E-state index contributed by atoms with van der Waals surface area (Å²) in [6.45, 7) is 0.875. The minimum atomic E-state index is -3.86. The maximum Gasteiger partial charge on any atom is 0.240 e. The molecule has 0 unspecified atom stereocenters. The molecule has 0 saturated heterocycles. The third-order valence-electron chi connectivity index (χ3n) is 4.12. The highest BCUT2D eigenvalue weighted by molar-refractivity contribution is 7.89. The van der Waals surface area contributed by atoms with Gasteiger partial charge in [-0.25, -0.2) is 17.5 Å². The molecule has 2 rings (SSSR count). The molecular formula is C19H23ClFN3O3S. The first-order chi connectivity index (χ1) is 13.3. The first-order valence-electron chi connectivity index (χ1n) is 8.91. The summed E-state index contributed by atoms with van der Waals surface area (Å²) in [5, 5.41) is 2.80. The normalized spacial score (nSPS) is 11.5. The van der Waals surface area contributed by atoms with Crippen LogP contribution in [0.15, 0.2) is 41.4 Å². The van der Waals surface area contributed by atoms with Crippen molar-refractivity contribution in [2.75, 3.05) is 13.6 Å². The van der Waals surface area contributed by atoms with Gasteiger partial charge in [0.05, 0.1) is 22.2 Å². The van der Waals surface area contributed by atoms with E-state index >= 15 is 0 Å². The predicted octanol–water partition coefficient (Wildman–Crippen LogP) is 3.32. The lowest BCUT2D eigenvalue weighted by molar-refractivity contribution is 0.0978. The number of ketones is 1. The molecule has 1 aromatic carbocycles. The largest absolute Gasteiger partial charge is 0.320 e. The van der Waals surface area contributed by atoms with Crippen molar-refractivity contribution in [3.8, 4) is 0 Å². The van der Waals surface area contributed by atoms with Crippen LogP contribution in [0.5, 0.6) is 0 Å². The Bertz CT molecular complexity index is 905. The van der Waals surface area contributed by atoms with Crippen molar-refractivity contribution in [3.63, 3.8) is 0 Å². The van der Waals surface area contributed by atoms with E-state index in [1.807, 2.05) is 7.05 Å². The van der Waals surface area contributed by atoms with E-state index in [1.54, 1.807) is 12.1 Å². The fourth-order valence-electron chi connectivity index (χ4n) is 2.50. The maximum atomic E-state index is 13.2. The molecule has 1 aromatic heterocycles. The van der Waals surface area contributed by atoms with E-state index < -0.39 is 15.8 Å². The van der Waals surface area contributed by atoms with Gasteiger partial charge in [0, 0.05) is 18.2 Å². The molecule has 0 fully saturated rings. The van der Waals surface area contributed by atoms with Crippen molar-refractivity contribution in [1.82, 2.24) is 15.0 Å². The Morgan fingerprint density at radius 2 is 1.96 bits per heavy atom. The topological polar surface area (TPSA) is 88.2 Å². The Morgan fingerprint density at radius 1 is 1.18 bits per heavy atom. The highest BCUT2D eigenvalue weighted by atomic mass is 35.5. The Hall–Kier alpha value is -1.87. The molecule has 0 spiro atoms. The second kappa shape index (κ2) is 10.6. The zero-order valence-electron chi connectivity index (χ0n) is 15.5. The number of aromatic nitrogens is 1. The van der Waals surface area contributed by atoms with Crippen LogP contribution in [-0.2, 0) is 16.6 Å². The average molecular weight is 428 g/mol. The number of unbranched alkanes of at least 4 members (excludes halogenated alkanes) is 2.